The Bertz CT molecular complexity index is 2740. The molecule has 2 fully saturated rings. The molecule has 2 aromatic carbocycles. The Labute approximate surface area is 416 Å². The lowest BCUT2D eigenvalue weighted by Gasteiger charge is -2.37. The molecule has 2 saturated heterocycles. The summed E-state index contributed by atoms with van der Waals surface area (Å²) in [5.41, 5.74) is 7.32. The number of carbonyl (C=O) groups is 5. The molecule has 0 radical (unpaired) electrons. The number of aromatic hydroxyl groups is 1. The highest BCUT2D eigenvalue weighted by Gasteiger charge is 2.48. The molecule has 0 spiro atoms. The number of methoxy groups -OCH3 is 1. The van der Waals surface area contributed by atoms with Crippen molar-refractivity contribution in [3.8, 4) is 40.0 Å². The number of nitrogens with one attached hydrogen (secondary N) is 2. The number of likely N-dealkylation sites (tertiary alicyclic amines) is 1. The monoisotopic (exact) mass is 975 g/mol. The quantitative estimate of drug-likeness (QED) is 0.129. The van der Waals surface area contributed by atoms with Gasteiger partial charge in [-0.1, -0.05) is 45.7 Å². The maximum atomic E-state index is 14.8. The number of hydrazine groups is 1. The fraction of sp³-hybridized carbons (Fsp3) is 0.519. The zero-order valence-electron chi connectivity index (χ0n) is 42.8. The average molecular weight is 975 g/mol. The molecule has 0 unspecified atom stereocenters. The molecule has 0 aliphatic carbocycles. The van der Waals surface area contributed by atoms with Gasteiger partial charge in [-0.3, -0.25) is 38.9 Å². The predicted octanol–water partition coefficient (Wildman–Crippen LogP) is 4.46. The molecule has 4 aromatic rings. The van der Waals surface area contributed by atoms with E-state index in [1.165, 1.54) is 21.9 Å². The van der Waals surface area contributed by atoms with Gasteiger partial charge in [0.2, 0.25) is 5.91 Å². The van der Waals surface area contributed by atoms with Gasteiger partial charge in [-0.2, -0.15) is 0 Å². The second-order valence-electron chi connectivity index (χ2n) is 20.7. The van der Waals surface area contributed by atoms with Crippen molar-refractivity contribution < 1.29 is 43.7 Å². The molecule has 5 heterocycles. The third-order valence-corrected chi connectivity index (χ3v) is 13.8. The molecule has 5 atom stereocenters. The highest BCUT2D eigenvalue weighted by Crippen LogP contribution is 2.42. The SMILES string of the molecule is CCn1c(-c2cccnc2[C@H](C)OC)c2c3cc(ccc31)-c1cc(O)cc(c1)C[C@H](NC(=O)[C@H](C(C)C)N(C)C(=O)[C@@]1(O)CCN(C(=O)C#CCN(C)C)C1)C(=O)N1CCC[C@H](N1)C(=O)OCC(C)(C)C2. The van der Waals surface area contributed by atoms with E-state index in [9.17, 15) is 34.2 Å². The van der Waals surface area contributed by atoms with Crippen LogP contribution >= 0.6 is 0 Å². The number of hydrogen-bond acceptors (Lipinski definition) is 12. The first-order chi connectivity index (χ1) is 33.6. The number of pyridine rings is 1. The van der Waals surface area contributed by atoms with Crippen LogP contribution in [0.1, 0.15) is 83.7 Å². The Hall–Kier alpha value is -6.32. The van der Waals surface area contributed by atoms with E-state index in [1.54, 1.807) is 39.3 Å². The average Bonchev–Trinajstić information content (AvgIpc) is 3.89. The Morgan fingerprint density at radius 2 is 1.82 bits per heavy atom. The summed E-state index contributed by atoms with van der Waals surface area (Å²) in [4.78, 5) is 79.6. The number of carbonyl (C=O) groups excluding carboxylic acids is 5. The van der Waals surface area contributed by atoms with E-state index in [-0.39, 0.29) is 50.9 Å². The second-order valence-corrected chi connectivity index (χ2v) is 20.7. The van der Waals surface area contributed by atoms with E-state index in [4.69, 9.17) is 14.5 Å². The normalized spacial score (nSPS) is 21.3. The number of rotatable bonds is 10. The number of nitrogens with zero attached hydrogens (tertiary/aromatic N) is 6. The van der Waals surface area contributed by atoms with E-state index >= 15 is 0 Å². The summed E-state index contributed by atoms with van der Waals surface area (Å²) in [5, 5.41) is 28.3. The van der Waals surface area contributed by atoms with Gasteiger partial charge in [0.15, 0.2) is 5.60 Å². The van der Waals surface area contributed by atoms with Crippen LogP contribution in [0.3, 0.4) is 0 Å². The Balaban J connectivity index is 1.27. The molecule has 17 heteroatoms. The van der Waals surface area contributed by atoms with Gasteiger partial charge in [-0.25, -0.2) is 5.43 Å². The number of fused-ring (bicyclic) bond motifs is 6. The van der Waals surface area contributed by atoms with Crippen molar-refractivity contribution in [2.24, 2.45) is 11.3 Å². The number of ether oxygens (including phenoxy) is 2. The zero-order chi connectivity index (χ0) is 51.5. The van der Waals surface area contributed by atoms with Gasteiger partial charge in [0.1, 0.15) is 23.9 Å². The van der Waals surface area contributed by atoms with Gasteiger partial charge in [-0.15, -0.1) is 0 Å². The highest BCUT2D eigenvalue weighted by molar-refractivity contribution is 5.98. The van der Waals surface area contributed by atoms with E-state index in [1.807, 2.05) is 44.1 Å². The number of phenolic OH excluding ortho intramolecular Hbond substituents is 1. The van der Waals surface area contributed by atoms with Crippen molar-refractivity contribution in [3.05, 3.63) is 71.5 Å². The third-order valence-electron chi connectivity index (χ3n) is 13.8. The summed E-state index contributed by atoms with van der Waals surface area (Å²) in [5.74, 6) is 1.88. The minimum absolute atomic E-state index is 0.0448. The number of cyclic esters (lactones) is 1. The van der Waals surface area contributed by atoms with E-state index in [2.05, 4.69) is 66.1 Å². The molecule has 6 bridgehead atoms. The fourth-order valence-electron chi connectivity index (χ4n) is 10.2. The van der Waals surface area contributed by atoms with Gasteiger partial charge in [0, 0.05) is 74.7 Å². The van der Waals surface area contributed by atoms with E-state index in [0.717, 1.165) is 39.0 Å². The number of likely N-dealkylation sites (N-methyl/N-ethyl adjacent to an activating group) is 1. The summed E-state index contributed by atoms with van der Waals surface area (Å²) in [6.07, 6.45) is 2.74. The van der Waals surface area contributed by atoms with Crippen LogP contribution in [0.2, 0.25) is 0 Å². The minimum Gasteiger partial charge on any atom is -0.508 e. The van der Waals surface area contributed by atoms with E-state index < -0.39 is 64.7 Å². The third kappa shape index (κ3) is 11.4. The van der Waals surface area contributed by atoms with Crippen LogP contribution in [0.15, 0.2) is 54.7 Å². The minimum atomic E-state index is -1.97. The summed E-state index contributed by atoms with van der Waals surface area (Å²) in [6.45, 7) is 12.8. The predicted molar refractivity (Wildman–Crippen MR) is 269 cm³/mol. The van der Waals surface area contributed by atoms with Crippen LogP contribution in [0.4, 0.5) is 0 Å². The number of aliphatic hydroxyl groups is 1. The standard InChI is InChI=1S/C54H70N8O9/c1-11-61-44-19-18-36-29-40(44)41(48(61)39-15-12-21-55-46(39)34(4)70-10)30-53(5,6)32-71-51(67)42-16-13-23-62(57-42)50(66)43(27-35-25-37(36)28-38(63)26-35)56-49(65)47(33(2)3)59(9)52(68)54(69)20-24-60(31-54)45(64)17-14-22-58(7)8/h12,15,18-19,21,25-26,28-29,33-34,42-43,47,57,63,69H,11,13,16,20,22-24,27,30-32H2,1-10H3,(H,56,65)/t34-,42-,43-,47-,54+/m0/s1. The molecular formula is C54H70N8O9. The number of β-amino-alcohol motifs (C(OH)–C–C–N with tert-alkyl or cyclic N) is 1. The van der Waals surface area contributed by atoms with Crippen molar-refractivity contribution >= 4 is 40.5 Å². The van der Waals surface area contributed by atoms with Crippen molar-refractivity contribution in [2.45, 2.75) is 110 Å². The summed E-state index contributed by atoms with van der Waals surface area (Å²) < 4.78 is 14.2. The van der Waals surface area contributed by atoms with Gasteiger partial charge >= 0.3 is 5.97 Å². The van der Waals surface area contributed by atoms with Gasteiger partial charge in [0.05, 0.1) is 37.2 Å². The molecule has 4 N–H and O–H groups in total. The molecule has 380 valence electrons. The second kappa shape index (κ2) is 21.6. The number of aromatic nitrogens is 2. The zero-order valence-corrected chi connectivity index (χ0v) is 42.8. The molecule has 7 rings (SSSR count). The number of hydrogen-bond donors (Lipinski definition) is 4. The van der Waals surface area contributed by atoms with Crippen LogP contribution in [0.5, 0.6) is 5.75 Å². The first-order valence-corrected chi connectivity index (χ1v) is 24.6. The van der Waals surface area contributed by atoms with Gasteiger partial charge in [0.25, 0.3) is 17.7 Å². The Morgan fingerprint density at radius 3 is 2.52 bits per heavy atom. The van der Waals surface area contributed by atoms with Crippen molar-refractivity contribution in [1.29, 1.82) is 0 Å². The Kier molecular flexibility index (Phi) is 16.0. The number of benzene rings is 2. The number of phenols is 1. The molecule has 3 aliphatic rings. The number of esters is 1. The Morgan fingerprint density at radius 1 is 1.06 bits per heavy atom. The van der Waals surface area contributed by atoms with Crippen molar-refractivity contribution in [3.63, 3.8) is 0 Å². The molecule has 71 heavy (non-hydrogen) atoms. The first kappa shape index (κ1) is 52.5. The molecule has 0 saturated carbocycles. The maximum absolute atomic E-state index is 14.8. The lowest BCUT2D eigenvalue weighted by Crippen LogP contribution is -2.63. The van der Waals surface area contributed by atoms with Crippen LogP contribution in [-0.4, -0.2) is 154 Å². The molecule has 4 amide bonds. The fourth-order valence-corrected chi connectivity index (χ4v) is 10.2. The summed E-state index contributed by atoms with van der Waals surface area (Å²) in [7, 11) is 6.74. The maximum Gasteiger partial charge on any atom is 0.324 e. The lowest BCUT2D eigenvalue weighted by atomic mass is 9.84. The molecular weight excluding hydrogens is 905 g/mol. The van der Waals surface area contributed by atoms with Crippen LogP contribution in [0, 0.1) is 23.2 Å². The highest BCUT2D eigenvalue weighted by atomic mass is 16.5. The largest absolute Gasteiger partial charge is 0.508 e. The van der Waals surface area contributed by atoms with Crippen LogP contribution in [-0.2, 0) is 52.8 Å². The molecule has 17 nitrogen and oxygen atoms in total. The van der Waals surface area contributed by atoms with Crippen LogP contribution < -0.4 is 10.7 Å². The smallest absolute Gasteiger partial charge is 0.324 e. The molecule has 3 aliphatic heterocycles. The van der Waals surface area contributed by atoms with Gasteiger partial charge in [-0.05, 0) is 118 Å². The molecule has 2 aromatic heterocycles. The van der Waals surface area contributed by atoms with Crippen molar-refractivity contribution in [2.75, 3.05) is 61.0 Å². The van der Waals surface area contributed by atoms with E-state index in [0.29, 0.717) is 43.5 Å². The van der Waals surface area contributed by atoms with Crippen molar-refractivity contribution in [1.82, 2.24) is 40.0 Å². The van der Waals surface area contributed by atoms with Gasteiger partial charge < -0.3 is 39.4 Å². The number of amides is 4. The lowest BCUT2D eigenvalue weighted by molar-refractivity contribution is -0.156. The topological polar surface area (TPSA) is 199 Å². The number of aryl methyl sites for hydroxylation is 1. The summed E-state index contributed by atoms with van der Waals surface area (Å²) in [6, 6.07) is 12.0. The van der Waals surface area contributed by atoms with Crippen LogP contribution in [0.25, 0.3) is 33.3 Å². The first-order valence-electron chi connectivity index (χ1n) is 24.6. The summed E-state index contributed by atoms with van der Waals surface area (Å²) >= 11 is 0.